The maximum Gasteiger partial charge on any atom is 0.251 e. The molecule has 1 amide bonds. The summed E-state index contributed by atoms with van der Waals surface area (Å²) in [6.45, 7) is 6.18. The number of rotatable bonds is 8. The summed E-state index contributed by atoms with van der Waals surface area (Å²) in [7, 11) is 0. The number of ether oxygens (including phenoxy) is 1. The number of carbonyl (C=O) groups is 1. The zero-order valence-electron chi connectivity index (χ0n) is 16.9. The lowest BCUT2D eigenvalue weighted by Gasteiger charge is -2.35. The Morgan fingerprint density at radius 1 is 1.03 bits per heavy atom. The molecule has 1 atom stereocenters. The third-order valence-corrected chi connectivity index (χ3v) is 5.71. The lowest BCUT2D eigenvalue weighted by molar-refractivity contribution is -0.142. The van der Waals surface area contributed by atoms with Crippen LogP contribution in [0.1, 0.15) is 32.1 Å². The molecule has 8 nitrogen and oxygen atoms in total. The first kappa shape index (κ1) is 20.0. The first-order valence-corrected chi connectivity index (χ1v) is 10.8. The molecule has 4 rings (SSSR count). The van der Waals surface area contributed by atoms with Crippen molar-refractivity contribution < 1.29 is 9.53 Å². The van der Waals surface area contributed by atoms with Crippen molar-refractivity contribution in [1.82, 2.24) is 30.0 Å². The van der Waals surface area contributed by atoms with Gasteiger partial charge in [-0.3, -0.25) is 9.69 Å². The molecule has 1 aromatic heterocycles. The lowest BCUT2D eigenvalue weighted by Crippen LogP contribution is -2.51. The highest BCUT2D eigenvalue weighted by molar-refractivity contribution is 5.81. The molecule has 0 bridgehead atoms. The van der Waals surface area contributed by atoms with E-state index in [0.29, 0.717) is 5.82 Å². The molecule has 1 aromatic carbocycles. The summed E-state index contributed by atoms with van der Waals surface area (Å²) in [6, 6.07) is 9.93. The van der Waals surface area contributed by atoms with Crippen LogP contribution in [0.2, 0.25) is 0 Å². The SMILES string of the molecule is O=C([C@@H]1CCCO1)N1CCN(CCCCCn2nnc(-c3ccccc3)n2)CC1. The molecular formula is C21H30N6O2. The summed E-state index contributed by atoms with van der Waals surface area (Å²) >= 11 is 0. The van der Waals surface area contributed by atoms with Crippen LogP contribution in [0.25, 0.3) is 11.4 Å². The number of piperazine rings is 1. The molecule has 0 aliphatic carbocycles. The molecule has 29 heavy (non-hydrogen) atoms. The third kappa shape index (κ3) is 5.39. The number of carbonyl (C=O) groups excluding carboxylic acids is 1. The van der Waals surface area contributed by atoms with Crippen molar-refractivity contribution in [2.45, 2.75) is 44.8 Å². The molecule has 3 heterocycles. The minimum absolute atomic E-state index is 0.186. The Morgan fingerprint density at radius 3 is 2.59 bits per heavy atom. The van der Waals surface area contributed by atoms with Gasteiger partial charge in [0.25, 0.3) is 5.91 Å². The number of amides is 1. The quantitative estimate of drug-likeness (QED) is 0.632. The van der Waals surface area contributed by atoms with Gasteiger partial charge in [0.05, 0.1) is 6.54 Å². The number of benzene rings is 1. The first-order chi connectivity index (χ1) is 14.3. The second-order valence-corrected chi connectivity index (χ2v) is 7.80. The smallest absolute Gasteiger partial charge is 0.251 e. The van der Waals surface area contributed by atoms with E-state index in [4.69, 9.17) is 4.74 Å². The number of nitrogens with zero attached hydrogens (tertiary/aromatic N) is 6. The Balaban J connectivity index is 1.10. The van der Waals surface area contributed by atoms with Gasteiger partial charge in [-0.05, 0) is 37.4 Å². The molecule has 2 saturated heterocycles. The van der Waals surface area contributed by atoms with E-state index in [0.717, 1.165) is 83.5 Å². The average Bonchev–Trinajstić information content (AvgIpc) is 3.47. The molecule has 156 valence electrons. The fraction of sp³-hybridized carbons (Fsp3) is 0.619. The Labute approximate surface area is 171 Å². The molecule has 2 fully saturated rings. The van der Waals surface area contributed by atoms with Crippen molar-refractivity contribution in [3.05, 3.63) is 30.3 Å². The predicted octanol–water partition coefficient (Wildman–Crippen LogP) is 1.83. The zero-order valence-corrected chi connectivity index (χ0v) is 16.9. The van der Waals surface area contributed by atoms with Crippen molar-refractivity contribution in [3.63, 3.8) is 0 Å². The highest BCUT2D eigenvalue weighted by atomic mass is 16.5. The molecule has 0 saturated carbocycles. The fourth-order valence-corrected chi connectivity index (χ4v) is 3.97. The monoisotopic (exact) mass is 398 g/mol. The summed E-state index contributed by atoms with van der Waals surface area (Å²) in [6.07, 6.45) is 5.04. The van der Waals surface area contributed by atoms with Gasteiger partial charge in [0, 0.05) is 38.3 Å². The van der Waals surface area contributed by atoms with Gasteiger partial charge in [0.15, 0.2) is 0 Å². The second kappa shape index (κ2) is 9.93. The third-order valence-electron chi connectivity index (χ3n) is 5.71. The molecule has 2 aliphatic heterocycles. The number of hydrogen-bond donors (Lipinski definition) is 0. The summed E-state index contributed by atoms with van der Waals surface area (Å²) < 4.78 is 5.53. The maximum absolute atomic E-state index is 12.4. The topological polar surface area (TPSA) is 76.4 Å². The van der Waals surface area contributed by atoms with Crippen molar-refractivity contribution >= 4 is 5.91 Å². The minimum Gasteiger partial charge on any atom is -0.368 e. The molecule has 0 unspecified atom stereocenters. The van der Waals surface area contributed by atoms with Gasteiger partial charge >= 0.3 is 0 Å². The Morgan fingerprint density at radius 2 is 1.83 bits per heavy atom. The van der Waals surface area contributed by atoms with Crippen LogP contribution >= 0.6 is 0 Å². The average molecular weight is 399 g/mol. The molecule has 2 aliphatic rings. The van der Waals surface area contributed by atoms with E-state index in [9.17, 15) is 4.79 Å². The molecule has 0 spiro atoms. The van der Waals surface area contributed by atoms with E-state index in [2.05, 4.69) is 20.3 Å². The van der Waals surface area contributed by atoms with Gasteiger partial charge < -0.3 is 9.64 Å². The first-order valence-electron chi connectivity index (χ1n) is 10.8. The van der Waals surface area contributed by atoms with E-state index in [1.54, 1.807) is 4.80 Å². The van der Waals surface area contributed by atoms with Crippen molar-refractivity contribution in [3.8, 4) is 11.4 Å². The fourth-order valence-electron chi connectivity index (χ4n) is 3.97. The largest absolute Gasteiger partial charge is 0.368 e. The number of aryl methyl sites for hydroxylation is 1. The van der Waals surface area contributed by atoms with E-state index >= 15 is 0 Å². The number of unbranched alkanes of at least 4 members (excludes halogenated alkanes) is 2. The highest BCUT2D eigenvalue weighted by Crippen LogP contribution is 2.16. The van der Waals surface area contributed by atoms with Crippen molar-refractivity contribution in [2.24, 2.45) is 0 Å². The minimum atomic E-state index is -0.186. The molecule has 0 radical (unpaired) electrons. The van der Waals surface area contributed by atoms with Gasteiger partial charge in [-0.25, -0.2) is 0 Å². The van der Waals surface area contributed by atoms with Crippen LogP contribution in [0.4, 0.5) is 0 Å². The van der Waals surface area contributed by atoms with Crippen LogP contribution < -0.4 is 0 Å². The lowest BCUT2D eigenvalue weighted by atomic mass is 10.2. The van der Waals surface area contributed by atoms with E-state index < -0.39 is 0 Å². The summed E-state index contributed by atoms with van der Waals surface area (Å²) in [5, 5.41) is 12.8. The van der Waals surface area contributed by atoms with Crippen LogP contribution in [0, 0.1) is 0 Å². The van der Waals surface area contributed by atoms with Gasteiger partial charge in [0.1, 0.15) is 6.10 Å². The maximum atomic E-state index is 12.4. The second-order valence-electron chi connectivity index (χ2n) is 7.80. The zero-order chi connectivity index (χ0) is 19.9. The van der Waals surface area contributed by atoms with Crippen LogP contribution in [-0.2, 0) is 16.1 Å². The molecular weight excluding hydrogens is 368 g/mol. The number of tetrazole rings is 1. The molecule has 8 heteroatoms. The van der Waals surface area contributed by atoms with Gasteiger partial charge in [-0.1, -0.05) is 36.8 Å². The predicted molar refractivity (Wildman–Crippen MR) is 109 cm³/mol. The van der Waals surface area contributed by atoms with Gasteiger partial charge in [0.2, 0.25) is 5.82 Å². The summed E-state index contributed by atoms with van der Waals surface area (Å²) in [4.78, 5) is 18.5. The Bertz CT molecular complexity index is 766. The standard InChI is InChI=1S/C21H30N6O2/c28-21(19-10-7-17-29-19)26-15-13-25(14-16-26)11-5-2-6-12-27-23-20(22-24-27)18-8-3-1-4-9-18/h1,3-4,8-9,19H,2,5-7,10-17H2/t19-/m0/s1. The van der Waals surface area contributed by atoms with E-state index in [1.165, 1.54) is 0 Å². The number of aromatic nitrogens is 4. The Hall–Kier alpha value is -2.32. The van der Waals surface area contributed by atoms with Crippen LogP contribution in [0.15, 0.2) is 30.3 Å². The van der Waals surface area contributed by atoms with Crippen LogP contribution in [0.5, 0.6) is 0 Å². The Kier molecular flexibility index (Phi) is 6.84. The molecule has 2 aromatic rings. The van der Waals surface area contributed by atoms with E-state index in [-0.39, 0.29) is 12.0 Å². The van der Waals surface area contributed by atoms with Crippen LogP contribution in [-0.4, -0.2) is 81.3 Å². The van der Waals surface area contributed by atoms with Gasteiger partial charge in [-0.2, -0.15) is 4.80 Å². The summed E-state index contributed by atoms with van der Waals surface area (Å²) in [5.74, 6) is 0.873. The number of hydrogen-bond acceptors (Lipinski definition) is 6. The summed E-state index contributed by atoms with van der Waals surface area (Å²) in [5.41, 5.74) is 0.996. The normalized spacial score (nSPS) is 20.3. The van der Waals surface area contributed by atoms with Crippen LogP contribution in [0.3, 0.4) is 0 Å². The van der Waals surface area contributed by atoms with Crippen molar-refractivity contribution in [1.29, 1.82) is 0 Å². The van der Waals surface area contributed by atoms with Crippen molar-refractivity contribution in [2.75, 3.05) is 39.3 Å². The van der Waals surface area contributed by atoms with E-state index in [1.807, 2.05) is 35.2 Å². The highest BCUT2D eigenvalue weighted by Gasteiger charge is 2.30. The molecule has 0 N–H and O–H groups in total. The van der Waals surface area contributed by atoms with Gasteiger partial charge in [-0.15, -0.1) is 10.2 Å².